The Hall–Kier alpha value is -1.98. The molecule has 0 spiro atoms. The quantitative estimate of drug-likeness (QED) is 0.753. The third kappa shape index (κ3) is 2.69. The highest BCUT2D eigenvalue weighted by atomic mass is 32.3. The van der Waals surface area contributed by atoms with E-state index in [4.69, 9.17) is 0 Å². The van der Waals surface area contributed by atoms with Gasteiger partial charge in [0.15, 0.2) is 0 Å². The van der Waals surface area contributed by atoms with Gasteiger partial charge in [-0.1, -0.05) is 72.6 Å². The molecule has 2 aliphatic carbocycles. The van der Waals surface area contributed by atoms with E-state index in [1.54, 1.807) is 0 Å². The zero-order valence-electron chi connectivity index (χ0n) is 12.7. The van der Waals surface area contributed by atoms with E-state index in [2.05, 4.69) is 48.5 Å². The maximum Gasteiger partial charge on any atom is 0.203 e. The van der Waals surface area contributed by atoms with Gasteiger partial charge in [-0.25, -0.2) is 0 Å². The van der Waals surface area contributed by atoms with Crippen LogP contribution in [0.2, 0.25) is 0 Å². The van der Waals surface area contributed by atoms with Crippen molar-refractivity contribution in [2.75, 3.05) is 6.26 Å². The van der Waals surface area contributed by atoms with E-state index in [9.17, 15) is 4.79 Å². The third-order valence-corrected chi connectivity index (χ3v) is 8.63. The van der Waals surface area contributed by atoms with Crippen molar-refractivity contribution >= 4 is 15.1 Å². The van der Waals surface area contributed by atoms with Crippen molar-refractivity contribution < 1.29 is 4.79 Å². The Morgan fingerprint density at radius 1 is 1.14 bits per heavy atom. The van der Waals surface area contributed by atoms with E-state index in [1.807, 2.05) is 36.4 Å². The Morgan fingerprint density at radius 3 is 2.59 bits per heavy atom. The molecule has 2 heteroatoms. The van der Waals surface area contributed by atoms with Crippen molar-refractivity contribution in [1.29, 1.82) is 0 Å². The lowest BCUT2D eigenvalue weighted by atomic mass is 10.2. The lowest BCUT2D eigenvalue weighted by Gasteiger charge is -2.45. The molecule has 1 nitrogen and oxygen atoms in total. The van der Waals surface area contributed by atoms with Crippen LogP contribution in [0.3, 0.4) is 0 Å². The first-order chi connectivity index (χ1) is 10.7. The fourth-order valence-electron chi connectivity index (χ4n) is 3.03. The lowest BCUT2D eigenvalue weighted by Crippen LogP contribution is -2.32. The number of hydrogen-bond acceptors (Lipinski definition) is 1. The number of carbonyl (C=O) groups excluding carboxylic acids is 1. The summed E-state index contributed by atoms with van der Waals surface area (Å²) in [6.45, 7) is 0. The number of allylic oxidation sites excluding steroid dienone is 4. The fraction of sp³-hybridized carbons (Fsp3) is 0.250. The second kappa shape index (κ2) is 6.42. The predicted molar refractivity (Wildman–Crippen MR) is 96.3 cm³/mol. The summed E-state index contributed by atoms with van der Waals surface area (Å²) in [5.41, 5.74) is 0.829. The maximum atomic E-state index is 13.4. The normalized spacial score (nSPS) is 26.6. The molecule has 22 heavy (non-hydrogen) atoms. The molecule has 0 fully saturated rings. The highest BCUT2D eigenvalue weighted by Crippen LogP contribution is 2.59. The van der Waals surface area contributed by atoms with Gasteiger partial charge in [0.25, 0.3) is 0 Å². The van der Waals surface area contributed by atoms with E-state index in [0.717, 1.165) is 18.4 Å². The van der Waals surface area contributed by atoms with E-state index < -0.39 is 10.0 Å². The molecule has 0 N–H and O–H groups in total. The van der Waals surface area contributed by atoms with Crippen LogP contribution in [0.4, 0.5) is 0 Å². The minimum Gasteiger partial charge on any atom is -0.283 e. The molecule has 112 valence electrons. The van der Waals surface area contributed by atoms with Crippen molar-refractivity contribution in [3.8, 4) is 11.8 Å². The van der Waals surface area contributed by atoms with E-state index in [1.165, 1.54) is 0 Å². The molecule has 3 rings (SSSR count). The molecule has 3 unspecified atom stereocenters. The Bertz CT molecular complexity index is 702. The summed E-state index contributed by atoms with van der Waals surface area (Å²) in [7, 11) is -1.54. The summed E-state index contributed by atoms with van der Waals surface area (Å²) in [5.74, 6) is 6.18. The number of carbonyl (C=O) groups is 1. The van der Waals surface area contributed by atoms with Crippen LogP contribution in [0.25, 0.3) is 0 Å². The van der Waals surface area contributed by atoms with Crippen molar-refractivity contribution in [1.82, 2.24) is 0 Å². The summed E-state index contributed by atoms with van der Waals surface area (Å²) in [6.07, 6.45) is 16.5. The zero-order valence-corrected chi connectivity index (χ0v) is 13.6. The molecule has 0 radical (unpaired) electrons. The van der Waals surface area contributed by atoms with E-state index in [0.29, 0.717) is 10.4 Å². The van der Waals surface area contributed by atoms with E-state index >= 15 is 0 Å². The van der Waals surface area contributed by atoms with Gasteiger partial charge in [0.2, 0.25) is 5.12 Å². The van der Waals surface area contributed by atoms with Crippen LogP contribution in [-0.2, 0) is 0 Å². The Kier molecular flexibility index (Phi) is 4.36. The second-order valence-corrected chi connectivity index (χ2v) is 9.39. The van der Waals surface area contributed by atoms with Gasteiger partial charge in [-0.3, -0.25) is 4.79 Å². The van der Waals surface area contributed by atoms with Gasteiger partial charge in [-0.15, -0.1) is 0 Å². The standard InChI is InChI=1S/C20H20OS/c1-22(18-13-7-3-8-14-18,19-15-9-4-10-16-19)20(21)17-11-5-2-6-12-17/h2-3,5-9,11-13,15,18-19H,14,16H2,1H3. The summed E-state index contributed by atoms with van der Waals surface area (Å²) in [6, 6.07) is 9.72. The van der Waals surface area contributed by atoms with Gasteiger partial charge in [0, 0.05) is 22.5 Å². The average molecular weight is 308 g/mol. The molecule has 0 saturated carbocycles. The second-order valence-electron chi connectivity index (χ2n) is 5.71. The first-order valence-corrected chi connectivity index (χ1v) is 9.73. The van der Waals surface area contributed by atoms with Crippen LogP contribution in [0.15, 0.2) is 66.8 Å². The van der Waals surface area contributed by atoms with E-state index in [-0.39, 0.29) is 5.25 Å². The van der Waals surface area contributed by atoms with Crippen LogP contribution < -0.4 is 0 Å². The van der Waals surface area contributed by atoms with Gasteiger partial charge in [0.1, 0.15) is 0 Å². The minimum atomic E-state index is -1.54. The largest absolute Gasteiger partial charge is 0.283 e. The Morgan fingerprint density at radius 2 is 1.95 bits per heavy atom. The average Bonchev–Trinajstić information content (AvgIpc) is 2.62. The first kappa shape index (κ1) is 14.9. The summed E-state index contributed by atoms with van der Waals surface area (Å²) in [5, 5.41) is 0.832. The first-order valence-electron chi connectivity index (χ1n) is 7.57. The molecule has 0 amide bonds. The number of benzene rings is 1. The maximum absolute atomic E-state index is 13.4. The molecule has 1 aromatic carbocycles. The number of hydrogen-bond donors (Lipinski definition) is 0. The molecular weight excluding hydrogens is 288 g/mol. The van der Waals surface area contributed by atoms with Gasteiger partial charge < -0.3 is 0 Å². The molecule has 1 aromatic rings. The van der Waals surface area contributed by atoms with Crippen molar-refractivity contribution in [3.05, 3.63) is 72.4 Å². The molecule has 0 bridgehead atoms. The Labute approximate surface area is 134 Å². The molecule has 2 aliphatic rings. The van der Waals surface area contributed by atoms with Crippen LogP contribution in [-0.4, -0.2) is 21.9 Å². The van der Waals surface area contributed by atoms with Gasteiger partial charge in [0.05, 0.1) is 0 Å². The van der Waals surface area contributed by atoms with Gasteiger partial charge in [-0.2, -0.15) is 10.0 Å². The zero-order chi connectivity index (χ0) is 15.4. The minimum absolute atomic E-state index is 0.239. The Balaban J connectivity index is 2.01. The topological polar surface area (TPSA) is 17.1 Å². The summed E-state index contributed by atoms with van der Waals surface area (Å²) < 4.78 is 0. The SMILES string of the molecule is CS(C(=O)c1ccccc1)(C1C=CC#CC1)C1C=CC=CC1. The highest BCUT2D eigenvalue weighted by molar-refractivity contribution is 8.46. The van der Waals surface area contributed by atoms with Crippen molar-refractivity contribution in [3.63, 3.8) is 0 Å². The summed E-state index contributed by atoms with van der Waals surface area (Å²) >= 11 is 0. The number of rotatable bonds is 3. The van der Waals surface area contributed by atoms with Gasteiger partial charge >= 0.3 is 0 Å². The molecule has 0 saturated heterocycles. The predicted octanol–water partition coefficient (Wildman–Crippen LogP) is 4.48. The van der Waals surface area contributed by atoms with Crippen LogP contribution in [0, 0.1) is 11.8 Å². The molecule has 3 atom stereocenters. The third-order valence-electron chi connectivity index (χ3n) is 4.41. The smallest absolute Gasteiger partial charge is 0.203 e. The molecule has 0 aliphatic heterocycles. The monoisotopic (exact) mass is 308 g/mol. The molecular formula is C20H20OS. The van der Waals surface area contributed by atoms with Crippen molar-refractivity contribution in [2.24, 2.45) is 0 Å². The molecule has 0 heterocycles. The highest BCUT2D eigenvalue weighted by Gasteiger charge is 2.40. The van der Waals surface area contributed by atoms with Crippen LogP contribution >= 0.6 is 10.0 Å². The van der Waals surface area contributed by atoms with Crippen LogP contribution in [0.1, 0.15) is 23.2 Å². The molecule has 0 aromatic heterocycles. The summed E-state index contributed by atoms with van der Waals surface area (Å²) in [4.78, 5) is 13.4. The van der Waals surface area contributed by atoms with Crippen LogP contribution in [0.5, 0.6) is 0 Å². The fourth-order valence-corrected chi connectivity index (χ4v) is 6.43. The lowest BCUT2D eigenvalue weighted by molar-refractivity contribution is 0.108. The van der Waals surface area contributed by atoms with Gasteiger partial charge in [-0.05, 0) is 18.8 Å². The van der Waals surface area contributed by atoms with Crippen molar-refractivity contribution in [2.45, 2.75) is 23.3 Å².